The van der Waals surface area contributed by atoms with Gasteiger partial charge < -0.3 is 19.5 Å². The van der Waals surface area contributed by atoms with E-state index in [0.717, 1.165) is 19.3 Å². The zero-order valence-electron chi connectivity index (χ0n) is 10.7. The van der Waals surface area contributed by atoms with Crippen molar-refractivity contribution in [2.75, 3.05) is 40.6 Å². The lowest BCUT2D eigenvalue weighted by Crippen LogP contribution is -2.39. The predicted octanol–water partition coefficient (Wildman–Crippen LogP) is 0.700. The third-order valence-electron chi connectivity index (χ3n) is 3.17. The highest BCUT2D eigenvalue weighted by molar-refractivity contribution is 5.11. The minimum Gasteiger partial charge on any atom is -0.382 e. The Morgan fingerprint density at radius 3 is 2.71 bits per heavy atom. The Morgan fingerprint density at radius 2 is 2.12 bits per heavy atom. The highest BCUT2D eigenvalue weighted by Gasteiger charge is 2.38. The third-order valence-corrected chi connectivity index (χ3v) is 3.17. The van der Waals surface area contributed by atoms with Crippen molar-refractivity contribution in [3.63, 3.8) is 0 Å². The van der Waals surface area contributed by atoms with Gasteiger partial charge in [0.2, 0.25) is 0 Å². The second-order valence-electron chi connectivity index (χ2n) is 4.28. The molecule has 0 aromatic heterocycles. The van der Waals surface area contributed by atoms with Crippen LogP contribution in [0.3, 0.4) is 0 Å². The normalized spacial score (nSPS) is 28.2. The number of nitrogens with zero attached hydrogens (tertiary/aromatic N) is 1. The number of nitriles is 1. The fourth-order valence-electron chi connectivity index (χ4n) is 2.04. The predicted molar refractivity (Wildman–Crippen MR) is 63.7 cm³/mol. The van der Waals surface area contributed by atoms with E-state index in [1.807, 2.05) is 7.05 Å². The van der Waals surface area contributed by atoms with Crippen LogP contribution in [0.15, 0.2) is 0 Å². The molecule has 0 aromatic rings. The average Bonchev–Trinajstić information content (AvgIpc) is 2.78. The zero-order chi connectivity index (χ0) is 12.6. The van der Waals surface area contributed by atoms with Crippen LogP contribution in [-0.2, 0) is 14.2 Å². The average molecular weight is 242 g/mol. The van der Waals surface area contributed by atoms with E-state index in [-0.39, 0.29) is 11.6 Å². The Hall–Kier alpha value is -0.670. The van der Waals surface area contributed by atoms with Crippen molar-refractivity contribution in [2.24, 2.45) is 0 Å². The molecule has 2 atom stereocenters. The second-order valence-corrected chi connectivity index (χ2v) is 4.28. The van der Waals surface area contributed by atoms with E-state index >= 15 is 0 Å². The fourth-order valence-corrected chi connectivity index (χ4v) is 2.04. The van der Waals surface area contributed by atoms with Crippen LogP contribution in [0, 0.1) is 11.3 Å². The third kappa shape index (κ3) is 4.60. The lowest BCUT2D eigenvalue weighted by molar-refractivity contribution is -0.00520. The van der Waals surface area contributed by atoms with Crippen molar-refractivity contribution in [1.82, 2.24) is 5.32 Å². The largest absolute Gasteiger partial charge is 0.382 e. The second kappa shape index (κ2) is 7.62. The molecule has 1 aliphatic carbocycles. The van der Waals surface area contributed by atoms with Gasteiger partial charge in [0.1, 0.15) is 5.54 Å². The molecule has 0 spiro atoms. The van der Waals surface area contributed by atoms with Crippen molar-refractivity contribution in [1.29, 1.82) is 5.26 Å². The van der Waals surface area contributed by atoms with Crippen molar-refractivity contribution >= 4 is 0 Å². The van der Waals surface area contributed by atoms with Crippen LogP contribution in [0.25, 0.3) is 0 Å². The first kappa shape index (κ1) is 14.4. The van der Waals surface area contributed by atoms with Gasteiger partial charge in [0.25, 0.3) is 0 Å². The molecule has 0 saturated heterocycles. The van der Waals surface area contributed by atoms with Gasteiger partial charge in [-0.15, -0.1) is 0 Å². The first-order chi connectivity index (χ1) is 8.26. The molecule has 5 nitrogen and oxygen atoms in total. The Bertz CT molecular complexity index is 255. The van der Waals surface area contributed by atoms with Crippen LogP contribution in [0.4, 0.5) is 0 Å². The number of methoxy groups -OCH3 is 1. The van der Waals surface area contributed by atoms with Gasteiger partial charge in [-0.1, -0.05) is 0 Å². The van der Waals surface area contributed by atoms with Gasteiger partial charge >= 0.3 is 0 Å². The standard InChI is InChI=1S/C12H22N2O3/c1-14-12(10-13)4-3-11(9-12)17-8-7-16-6-5-15-2/h11,14H,3-9H2,1-2H3. The van der Waals surface area contributed by atoms with E-state index in [1.54, 1.807) is 7.11 Å². The van der Waals surface area contributed by atoms with Crippen molar-refractivity contribution < 1.29 is 14.2 Å². The molecule has 0 bridgehead atoms. The number of rotatable bonds is 8. The number of hydrogen-bond donors (Lipinski definition) is 1. The Morgan fingerprint density at radius 1 is 1.35 bits per heavy atom. The molecular formula is C12H22N2O3. The number of hydrogen-bond acceptors (Lipinski definition) is 5. The first-order valence-corrected chi connectivity index (χ1v) is 6.05. The molecule has 1 saturated carbocycles. The van der Waals surface area contributed by atoms with E-state index < -0.39 is 0 Å². The molecular weight excluding hydrogens is 220 g/mol. The first-order valence-electron chi connectivity index (χ1n) is 6.05. The van der Waals surface area contributed by atoms with Crippen molar-refractivity contribution in [2.45, 2.75) is 30.9 Å². The summed E-state index contributed by atoms with van der Waals surface area (Å²) in [6, 6.07) is 2.34. The van der Waals surface area contributed by atoms with Crippen LogP contribution >= 0.6 is 0 Å². The van der Waals surface area contributed by atoms with Gasteiger partial charge in [-0.3, -0.25) is 0 Å². The van der Waals surface area contributed by atoms with Crippen molar-refractivity contribution in [3.05, 3.63) is 0 Å². The summed E-state index contributed by atoms with van der Waals surface area (Å²) >= 11 is 0. The Kier molecular flexibility index (Phi) is 6.45. The van der Waals surface area contributed by atoms with Crippen LogP contribution in [0.5, 0.6) is 0 Å². The summed E-state index contributed by atoms with van der Waals surface area (Å²) in [6.45, 7) is 2.38. The minimum absolute atomic E-state index is 0.174. The Labute approximate surface area is 103 Å². The molecule has 1 fully saturated rings. The van der Waals surface area contributed by atoms with E-state index in [0.29, 0.717) is 26.4 Å². The molecule has 17 heavy (non-hydrogen) atoms. The number of nitrogens with one attached hydrogen (secondary N) is 1. The van der Waals surface area contributed by atoms with E-state index in [9.17, 15) is 0 Å². The lowest BCUT2D eigenvalue weighted by Gasteiger charge is -2.19. The lowest BCUT2D eigenvalue weighted by atomic mass is 10.0. The van der Waals surface area contributed by atoms with Crippen LogP contribution in [0.2, 0.25) is 0 Å². The zero-order valence-corrected chi connectivity index (χ0v) is 10.7. The molecule has 0 aliphatic heterocycles. The SMILES string of the molecule is CNC1(C#N)CCC(OCCOCCOC)C1. The van der Waals surface area contributed by atoms with Crippen LogP contribution in [0.1, 0.15) is 19.3 Å². The van der Waals surface area contributed by atoms with Crippen LogP contribution in [-0.4, -0.2) is 52.2 Å². The summed E-state index contributed by atoms with van der Waals surface area (Å²) in [5, 5.41) is 12.2. The summed E-state index contributed by atoms with van der Waals surface area (Å²) in [4.78, 5) is 0. The molecule has 98 valence electrons. The van der Waals surface area contributed by atoms with Gasteiger partial charge in [-0.25, -0.2) is 0 Å². The molecule has 2 unspecified atom stereocenters. The summed E-state index contributed by atoms with van der Waals surface area (Å²) in [7, 11) is 3.48. The maximum atomic E-state index is 9.10. The van der Waals surface area contributed by atoms with Gasteiger partial charge in [-0.05, 0) is 19.9 Å². The fraction of sp³-hybridized carbons (Fsp3) is 0.917. The summed E-state index contributed by atoms with van der Waals surface area (Å²) in [5.41, 5.74) is -0.387. The van der Waals surface area contributed by atoms with Gasteiger partial charge in [-0.2, -0.15) is 5.26 Å². The van der Waals surface area contributed by atoms with Gasteiger partial charge in [0.15, 0.2) is 0 Å². The van der Waals surface area contributed by atoms with Gasteiger partial charge in [0, 0.05) is 13.5 Å². The van der Waals surface area contributed by atoms with E-state index in [2.05, 4.69) is 11.4 Å². The maximum absolute atomic E-state index is 9.10. The number of ether oxygens (including phenoxy) is 3. The highest BCUT2D eigenvalue weighted by Crippen LogP contribution is 2.30. The molecule has 0 radical (unpaired) electrons. The van der Waals surface area contributed by atoms with E-state index in [4.69, 9.17) is 19.5 Å². The summed E-state index contributed by atoms with van der Waals surface area (Å²) in [6.07, 6.45) is 2.73. The van der Waals surface area contributed by atoms with E-state index in [1.165, 1.54) is 0 Å². The molecule has 1 N–H and O–H groups in total. The quantitative estimate of drug-likeness (QED) is 0.635. The Balaban J connectivity index is 2.08. The molecule has 5 heteroatoms. The smallest absolute Gasteiger partial charge is 0.109 e. The molecule has 1 aliphatic rings. The summed E-state index contributed by atoms with van der Waals surface area (Å²) < 4.78 is 15.9. The highest BCUT2D eigenvalue weighted by atomic mass is 16.5. The monoisotopic (exact) mass is 242 g/mol. The van der Waals surface area contributed by atoms with Crippen LogP contribution < -0.4 is 5.32 Å². The summed E-state index contributed by atoms with van der Waals surface area (Å²) in [5.74, 6) is 0. The van der Waals surface area contributed by atoms with Gasteiger partial charge in [0.05, 0.1) is 38.6 Å². The molecule has 1 rings (SSSR count). The minimum atomic E-state index is -0.387. The molecule has 0 heterocycles. The topological polar surface area (TPSA) is 63.5 Å². The van der Waals surface area contributed by atoms with Crippen molar-refractivity contribution in [3.8, 4) is 6.07 Å². The molecule has 0 amide bonds. The molecule has 0 aromatic carbocycles. The maximum Gasteiger partial charge on any atom is 0.109 e.